The SMILES string of the molecule is C1CCOC(C2(N3CCCCCC3)OCCCCC2N2CCCCCC2)CC1. The van der Waals surface area contributed by atoms with E-state index in [9.17, 15) is 0 Å². The van der Waals surface area contributed by atoms with Gasteiger partial charge in [-0.05, 0) is 70.9 Å². The molecule has 4 aliphatic heterocycles. The Hall–Kier alpha value is -0.160. The van der Waals surface area contributed by atoms with Gasteiger partial charge < -0.3 is 9.47 Å². The molecule has 4 saturated heterocycles. The predicted molar refractivity (Wildman–Crippen MR) is 115 cm³/mol. The van der Waals surface area contributed by atoms with Crippen LogP contribution in [-0.4, -0.2) is 67.1 Å². The van der Waals surface area contributed by atoms with Gasteiger partial charge in [-0.2, -0.15) is 0 Å². The summed E-state index contributed by atoms with van der Waals surface area (Å²) in [7, 11) is 0. The van der Waals surface area contributed by atoms with Crippen molar-refractivity contribution < 1.29 is 9.47 Å². The predicted octanol–water partition coefficient (Wildman–Crippen LogP) is 4.96. The molecular weight excluding hydrogens is 348 g/mol. The van der Waals surface area contributed by atoms with Crippen molar-refractivity contribution in [3.63, 3.8) is 0 Å². The van der Waals surface area contributed by atoms with E-state index in [1.807, 2.05) is 0 Å². The molecule has 3 atom stereocenters. The Kier molecular flexibility index (Phi) is 8.09. The minimum atomic E-state index is -0.213. The van der Waals surface area contributed by atoms with Gasteiger partial charge in [0.2, 0.25) is 0 Å². The van der Waals surface area contributed by atoms with Gasteiger partial charge in [0, 0.05) is 26.3 Å². The van der Waals surface area contributed by atoms with Crippen LogP contribution in [0.3, 0.4) is 0 Å². The van der Waals surface area contributed by atoms with Gasteiger partial charge in [-0.1, -0.05) is 38.5 Å². The average Bonchev–Trinajstić information content (AvgIpc) is 3.29. The van der Waals surface area contributed by atoms with Crippen molar-refractivity contribution in [2.24, 2.45) is 0 Å². The lowest BCUT2D eigenvalue weighted by atomic mass is 9.87. The minimum Gasteiger partial charge on any atom is -0.374 e. The standard InChI is InChI=1S/C24H44N2O2/c1-2-9-17-25(16-8-1)22-14-7-13-21-28-24(22,23-15-6-5-12-20-27-23)26-18-10-3-4-11-19-26/h22-23H,1-21H2. The first-order valence-electron chi connectivity index (χ1n) is 12.7. The molecule has 0 aromatic carbocycles. The lowest BCUT2D eigenvalue weighted by molar-refractivity contribution is -0.253. The van der Waals surface area contributed by atoms with E-state index in [1.54, 1.807) is 0 Å². The van der Waals surface area contributed by atoms with E-state index in [0.717, 1.165) is 13.2 Å². The van der Waals surface area contributed by atoms with Crippen molar-refractivity contribution in [3.8, 4) is 0 Å². The molecule has 0 bridgehead atoms. The highest BCUT2D eigenvalue weighted by Gasteiger charge is 2.54. The van der Waals surface area contributed by atoms with Gasteiger partial charge in [0.25, 0.3) is 0 Å². The van der Waals surface area contributed by atoms with E-state index in [0.29, 0.717) is 6.04 Å². The fraction of sp³-hybridized carbons (Fsp3) is 1.00. The van der Waals surface area contributed by atoms with Gasteiger partial charge in [0.1, 0.15) is 6.10 Å². The molecule has 0 radical (unpaired) electrons. The summed E-state index contributed by atoms with van der Waals surface area (Å²) in [6.07, 6.45) is 20.0. The first-order valence-corrected chi connectivity index (χ1v) is 12.7. The molecule has 28 heavy (non-hydrogen) atoms. The molecule has 4 heterocycles. The Morgan fingerprint density at radius 3 is 1.93 bits per heavy atom. The molecule has 0 aromatic rings. The second-order valence-electron chi connectivity index (χ2n) is 9.67. The quantitative estimate of drug-likeness (QED) is 0.677. The van der Waals surface area contributed by atoms with Crippen molar-refractivity contribution in [2.45, 2.75) is 114 Å². The number of hydrogen-bond donors (Lipinski definition) is 0. The molecule has 4 fully saturated rings. The summed E-state index contributed by atoms with van der Waals surface area (Å²) in [5.41, 5.74) is -0.213. The summed E-state index contributed by atoms with van der Waals surface area (Å²) in [4.78, 5) is 5.63. The van der Waals surface area contributed by atoms with E-state index >= 15 is 0 Å². The number of nitrogens with zero attached hydrogens (tertiary/aromatic N) is 2. The average molecular weight is 393 g/mol. The third kappa shape index (κ3) is 4.77. The van der Waals surface area contributed by atoms with Crippen molar-refractivity contribution in [1.82, 2.24) is 9.80 Å². The van der Waals surface area contributed by atoms with Gasteiger partial charge in [0.15, 0.2) is 5.72 Å². The smallest absolute Gasteiger partial charge is 0.163 e. The van der Waals surface area contributed by atoms with Crippen molar-refractivity contribution in [3.05, 3.63) is 0 Å². The van der Waals surface area contributed by atoms with Gasteiger partial charge in [-0.15, -0.1) is 0 Å². The van der Waals surface area contributed by atoms with Crippen LogP contribution >= 0.6 is 0 Å². The topological polar surface area (TPSA) is 24.9 Å². The van der Waals surface area contributed by atoms with Crippen molar-refractivity contribution >= 4 is 0 Å². The summed E-state index contributed by atoms with van der Waals surface area (Å²) < 4.78 is 13.7. The molecule has 3 unspecified atom stereocenters. The van der Waals surface area contributed by atoms with Crippen LogP contribution in [0.2, 0.25) is 0 Å². The Morgan fingerprint density at radius 2 is 1.18 bits per heavy atom. The number of ether oxygens (including phenoxy) is 2. The highest BCUT2D eigenvalue weighted by Crippen LogP contribution is 2.41. The normalized spacial score (nSPS) is 38.1. The Morgan fingerprint density at radius 1 is 0.571 bits per heavy atom. The number of hydrogen-bond acceptors (Lipinski definition) is 4. The molecule has 0 amide bonds. The molecule has 4 heteroatoms. The zero-order valence-corrected chi connectivity index (χ0v) is 18.2. The lowest BCUT2D eigenvalue weighted by Gasteiger charge is -2.54. The van der Waals surface area contributed by atoms with Crippen LogP contribution in [0.15, 0.2) is 0 Å². The van der Waals surface area contributed by atoms with Crippen LogP contribution < -0.4 is 0 Å². The van der Waals surface area contributed by atoms with E-state index in [4.69, 9.17) is 9.47 Å². The van der Waals surface area contributed by atoms with Crippen molar-refractivity contribution in [1.29, 1.82) is 0 Å². The largest absolute Gasteiger partial charge is 0.374 e. The van der Waals surface area contributed by atoms with Crippen LogP contribution in [0.1, 0.15) is 96.3 Å². The molecule has 0 aliphatic carbocycles. The molecule has 0 spiro atoms. The molecule has 0 aromatic heterocycles. The zero-order chi connectivity index (χ0) is 19.1. The maximum Gasteiger partial charge on any atom is 0.163 e. The van der Waals surface area contributed by atoms with Gasteiger partial charge in [-0.25, -0.2) is 0 Å². The van der Waals surface area contributed by atoms with Crippen LogP contribution in [-0.2, 0) is 9.47 Å². The Bertz CT molecular complexity index is 414. The molecule has 4 nitrogen and oxygen atoms in total. The minimum absolute atomic E-state index is 0.213. The number of likely N-dealkylation sites (tertiary alicyclic amines) is 2. The molecule has 4 aliphatic rings. The first-order chi connectivity index (χ1) is 13.9. The Balaban J connectivity index is 1.69. The summed E-state index contributed by atoms with van der Waals surface area (Å²) in [6, 6.07) is 0.509. The van der Waals surface area contributed by atoms with Crippen LogP contribution in [0.4, 0.5) is 0 Å². The van der Waals surface area contributed by atoms with Gasteiger partial charge in [-0.3, -0.25) is 9.80 Å². The van der Waals surface area contributed by atoms with E-state index in [2.05, 4.69) is 9.80 Å². The molecule has 162 valence electrons. The molecular formula is C24H44N2O2. The fourth-order valence-corrected chi connectivity index (χ4v) is 6.31. The lowest BCUT2D eigenvalue weighted by Crippen LogP contribution is -2.69. The summed E-state index contributed by atoms with van der Waals surface area (Å²) >= 11 is 0. The fourth-order valence-electron chi connectivity index (χ4n) is 6.31. The summed E-state index contributed by atoms with van der Waals surface area (Å²) in [6.45, 7) is 6.76. The third-order valence-corrected chi connectivity index (χ3v) is 7.76. The molecule has 0 saturated carbocycles. The second-order valence-corrected chi connectivity index (χ2v) is 9.67. The molecule has 0 N–H and O–H groups in total. The first kappa shape index (κ1) is 21.1. The van der Waals surface area contributed by atoms with Crippen molar-refractivity contribution in [2.75, 3.05) is 39.4 Å². The summed E-state index contributed by atoms with van der Waals surface area (Å²) in [5, 5.41) is 0. The Labute approximate surface area is 173 Å². The second kappa shape index (κ2) is 10.7. The monoisotopic (exact) mass is 392 g/mol. The third-order valence-electron chi connectivity index (χ3n) is 7.76. The summed E-state index contributed by atoms with van der Waals surface area (Å²) in [5.74, 6) is 0. The van der Waals surface area contributed by atoms with Gasteiger partial charge >= 0.3 is 0 Å². The van der Waals surface area contributed by atoms with Crippen LogP contribution in [0.25, 0.3) is 0 Å². The molecule has 4 rings (SSSR count). The van der Waals surface area contributed by atoms with Crippen LogP contribution in [0.5, 0.6) is 0 Å². The van der Waals surface area contributed by atoms with E-state index < -0.39 is 0 Å². The number of rotatable bonds is 3. The maximum absolute atomic E-state index is 7.05. The maximum atomic E-state index is 7.05. The van der Waals surface area contributed by atoms with Crippen LogP contribution in [0, 0.1) is 0 Å². The highest BCUT2D eigenvalue weighted by atomic mass is 16.6. The van der Waals surface area contributed by atoms with Gasteiger partial charge in [0.05, 0.1) is 6.04 Å². The highest BCUT2D eigenvalue weighted by molar-refractivity contribution is 5.02. The van der Waals surface area contributed by atoms with E-state index in [1.165, 1.54) is 122 Å². The van der Waals surface area contributed by atoms with E-state index in [-0.39, 0.29) is 11.8 Å². The zero-order valence-electron chi connectivity index (χ0n) is 18.2.